The Kier molecular flexibility index (Phi) is 5.88. The quantitative estimate of drug-likeness (QED) is 0.468. The number of aliphatic carboxylic acids is 1. The molecule has 0 aliphatic rings. The summed E-state index contributed by atoms with van der Waals surface area (Å²) in [6, 6.07) is -0.359. The number of amides is 1. The Morgan fingerprint density at radius 1 is 1.54 bits per heavy atom. The topological polar surface area (TPSA) is 95.2 Å². The Hall–Kier alpha value is -1.10. The molecule has 3 N–H and O–H groups in total. The van der Waals surface area contributed by atoms with E-state index in [9.17, 15) is 14.7 Å². The molecule has 1 amide bonds. The standard InChI is InChI=1S/C8H16N2O3/c1-2-6(8(9)13)10-5-3-4-7(11)12/h6,10H,2-5H2,1H3,(H2,9,13)(H,11,12)/p-1/t6-/m0/s1. The van der Waals surface area contributed by atoms with Crippen molar-refractivity contribution in [3.05, 3.63) is 0 Å². The molecule has 0 unspecified atom stereocenters. The molecular weight excluding hydrogens is 172 g/mol. The number of nitrogens with one attached hydrogen (secondary N) is 1. The zero-order valence-corrected chi connectivity index (χ0v) is 7.71. The van der Waals surface area contributed by atoms with Crippen molar-refractivity contribution >= 4 is 11.9 Å². The summed E-state index contributed by atoms with van der Waals surface area (Å²) in [7, 11) is 0. The van der Waals surface area contributed by atoms with Gasteiger partial charge < -0.3 is 21.0 Å². The second kappa shape index (κ2) is 6.42. The minimum Gasteiger partial charge on any atom is -0.550 e. The van der Waals surface area contributed by atoms with Crippen LogP contribution in [-0.2, 0) is 9.59 Å². The number of carbonyl (C=O) groups excluding carboxylic acids is 2. The first-order valence-electron chi connectivity index (χ1n) is 4.30. The summed E-state index contributed by atoms with van der Waals surface area (Å²) in [5.74, 6) is -1.48. The Morgan fingerprint density at radius 3 is 2.54 bits per heavy atom. The molecule has 0 aromatic carbocycles. The summed E-state index contributed by atoms with van der Waals surface area (Å²) in [4.78, 5) is 20.7. The van der Waals surface area contributed by atoms with Crippen LogP contribution in [0.5, 0.6) is 0 Å². The Bertz CT molecular complexity index is 182. The first kappa shape index (κ1) is 11.9. The number of hydrogen-bond acceptors (Lipinski definition) is 4. The van der Waals surface area contributed by atoms with E-state index in [0.717, 1.165) is 0 Å². The third-order valence-electron chi connectivity index (χ3n) is 1.70. The molecule has 0 rings (SSSR count). The number of carbonyl (C=O) groups is 2. The predicted octanol–water partition coefficient (Wildman–Crippen LogP) is -1.63. The second-order valence-corrected chi connectivity index (χ2v) is 2.79. The number of carboxylic acids is 1. The molecule has 0 heterocycles. The van der Waals surface area contributed by atoms with Gasteiger partial charge in [-0.2, -0.15) is 0 Å². The maximum absolute atomic E-state index is 10.7. The average molecular weight is 187 g/mol. The minimum absolute atomic E-state index is 0.00218. The molecular formula is C8H15N2O3-. The van der Waals surface area contributed by atoms with E-state index in [1.54, 1.807) is 0 Å². The van der Waals surface area contributed by atoms with Crippen LogP contribution in [0.2, 0.25) is 0 Å². The van der Waals surface area contributed by atoms with Crippen LogP contribution in [-0.4, -0.2) is 24.5 Å². The van der Waals surface area contributed by atoms with Crippen molar-refractivity contribution in [2.24, 2.45) is 5.73 Å². The van der Waals surface area contributed by atoms with Crippen molar-refractivity contribution in [1.82, 2.24) is 5.32 Å². The fraction of sp³-hybridized carbons (Fsp3) is 0.750. The summed E-state index contributed by atoms with van der Waals surface area (Å²) < 4.78 is 0. The van der Waals surface area contributed by atoms with E-state index in [-0.39, 0.29) is 12.5 Å². The van der Waals surface area contributed by atoms with Gasteiger partial charge in [0.2, 0.25) is 5.91 Å². The lowest BCUT2D eigenvalue weighted by molar-refractivity contribution is -0.305. The molecule has 0 radical (unpaired) electrons. The fourth-order valence-corrected chi connectivity index (χ4v) is 0.955. The van der Waals surface area contributed by atoms with Gasteiger partial charge in [-0.15, -0.1) is 0 Å². The molecule has 0 saturated carbocycles. The zero-order valence-electron chi connectivity index (χ0n) is 7.71. The molecule has 0 fully saturated rings. The lowest BCUT2D eigenvalue weighted by Crippen LogP contribution is -2.41. The molecule has 0 aliphatic carbocycles. The van der Waals surface area contributed by atoms with E-state index >= 15 is 0 Å². The molecule has 1 atom stereocenters. The van der Waals surface area contributed by atoms with E-state index in [0.29, 0.717) is 19.4 Å². The van der Waals surface area contributed by atoms with Gasteiger partial charge in [-0.3, -0.25) is 4.79 Å². The van der Waals surface area contributed by atoms with Gasteiger partial charge in [-0.05, 0) is 25.8 Å². The fourth-order valence-electron chi connectivity index (χ4n) is 0.955. The summed E-state index contributed by atoms with van der Waals surface area (Å²) in [6.07, 6.45) is 1.06. The molecule has 5 nitrogen and oxygen atoms in total. The van der Waals surface area contributed by atoms with Gasteiger partial charge in [0, 0.05) is 5.97 Å². The van der Waals surface area contributed by atoms with Crippen molar-refractivity contribution in [2.45, 2.75) is 32.2 Å². The van der Waals surface area contributed by atoms with Crippen LogP contribution >= 0.6 is 0 Å². The number of carboxylic acid groups (broad SMARTS) is 1. The van der Waals surface area contributed by atoms with Crippen LogP contribution < -0.4 is 16.2 Å². The Labute approximate surface area is 77.3 Å². The highest BCUT2D eigenvalue weighted by atomic mass is 16.4. The van der Waals surface area contributed by atoms with Gasteiger partial charge >= 0.3 is 0 Å². The van der Waals surface area contributed by atoms with Gasteiger partial charge in [-0.1, -0.05) is 6.92 Å². The van der Waals surface area contributed by atoms with Gasteiger partial charge in [0.1, 0.15) is 0 Å². The molecule has 5 heteroatoms. The largest absolute Gasteiger partial charge is 0.550 e. The lowest BCUT2D eigenvalue weighted by atomic mass is 10.2. The summed E-state index contributed by atoms with van der Waals surface area (Å²) in [6.45, 7) is 2.30. The normalized spacial score (nSPS) is 12.4. The lowest BCUT2D eigenvalue weighted by Gasteiger charge is -2.12. The number of primary amides is 1. The monoisotopic (exact) mass is 187 g/mol. The molecule has 13 heavy (non-hydrogen) atoms. The summed E-state index contributed by atoms with van der Waals surface area (Å²) in [5.41, 5.74) is 5.06. The molecule has 0 bridgehead atoms. The van der Waals surface area contributed by atoms with Crippen molar-refractivity contribution in [2.75, 3.05) is 6.54 Å². The number of nitrogens with two attached hydrogens (primary N) is 1. The van der Waals surface area contributed by atoms with E-state index in [4.69, 9.17) is 5.73 Å². The highest BCUT2D eigenvalue weighted by Gasteiger charge is 2.10. The average Bonchev–Trinajstić information content (AvgIpc) is 2.03. The van der Waals surface area contributed by atoms with E-state index in [2.05, 4.69) is 5.32 Å². The van der Waals surface area contributed by atoms with Crippen molar-refractivity contribution in [1.29, 1.82) is 0 Å². The van der Waals surface area contributed by atoms with Crippen molar-refractivity contribution < 1.29 is 14.7 Å². The SMILES string of the molecule is CC[C@H](NCCCC(=O)[O-])C(N)=O. The number of rotatable bonds is 7. The second-order valence-electron chi connectivity index (χ2n) is 2.79. The van der Waals surface area contributed by atoms with Crippen LogP contribution in [0.3, 0.4) is 0 Å². The molecule has 0 aromatic heterocycles. The third kappa shape index (κ3) is 6.10. The van der Waals surface area contributed by atoms with Crippen molar-refractivity contribution in [3.8, 4) is 0 Å². The van der Waals surface area contributed by atoms with Crippen LogP contribution in [0.4, 0.5) is 0 Å². The van der Waals surface area contributed by atoms with Gasteiger partial charge in [0.25, 0.3) is 0 Å². The van der Waals surface area contributed by atoms with Gasteiger partial charge in [0.05, 0.1) is 6.04 Å². The van der Waals surface area contributed by atoms with Crippen LogP contribution in [0.15, 0.2) is 0 Å². The highest BCUT2D eigenvalue weighted by Crippen LogP contribution is 1.91. The van der Waals surface area contributed by atoms with Gasteiger partial charge in [0.15, 0.2) is 0 Å². The first-order chi connectivity index (χ1) is 6.07. The third-order valence-corrected chi connectivity index (χ3v) is 1.70. The highest BCUT2D eigenvalue weighted by molar-refractivity contribution is 5.79. The van der Waals surface area contributed by atoms with Crippen LogP contribution in [0.1, 0.15) is 26.2 Å². The molecule has 0 aromatic rings. The molecule has 0 spiro atoms. The van der Waals surface area contributed by atoms with E-state index < -0.39 is 11.9 Å². The minimum atomic E-state index is -1.08. The smallest absolute Gasteiger partial charge is 0.234 e. The zero-order chi connectivity index (χ0) is 10.3. The maximum atomic E-state index is 10.7. The van der Waals surface area contributed by atoms with Crippen molar-refractivity contribution in [3.63, 3.8) is 0 Å². The van der Waals surface area contributed by atoms with E-state index in [1.165, 1.54) is 0 Å². The summed E-state index contributed by atoms with van der Waals surface area (Å²) >= 11 is 0. The summed E-state index contributed by atoms with van der Waals surface area (Å²) in [5, 5.41) is 12.9. The first-order valence-corrected chi connectivity index (χ1v) is 4.30. The Morgan fingerprint density at radius 2 is 2.15 bits per heavy atom. The van der Waals surface area contributed by atoms with Gasteiger partial charge in [-0.25, -0.2) is 0 Å². The van der Waals surface area contributed by atoms with Crippen LogP contribution in [0, 0.1) is 0 Å². The molecule has 76 valence electrons. The predicted molar refractivity (Wildman–Crippen MR) is 45.5 cm³/mol. The molecule has 0 aliphatic heterocycles. The maximum Gasteiger partial charge on any atom is 0.234 e. The van der Waals surface area contributed by atoms with E-state index in [1.807, 2.05) is 6.92 Å². The number of hydrogen-bond donors (Lipinski definition) is 2. The molecule has 0 saturated heterocycles. The van der Waals surface area contributed by atoms with Crippen LogP contribution in [0.25, 0.3) is 0 Å². The Balaban J connectivity index is 3.50.